The second kappa shape index (κ2) is 14.8. The van der Waals surface area contributed by atoms with Gasteiger partial charge in [-0.1, -0.05) is 19.2 Å². The third-order valence-electron chi connectivity index (χ3n) is 0.461. The molecule has 0 rings (SSSR count). The van der Waals surface area contributed by atoms with Crippen LogP contribution >= 0.6 is 12.6 Å². The lowest BCUT2D eigenvalue weighted by Crippen LogP contribution is -2.11. The maximum atomic E-state index is 9.60. The van der Waals surface area contributed by atoms with Crippen molar-refractivity contribution in [2.45, 2.75) is 6.92 Å². The summed E-state index contributed by atoms with van der Waals surface area (Å²) in [5.41, 5.74) is 4.54. The van der Waals surface area contributed by atoms with Gasteiger partial charge in [-0.15, -0.1) is 0 Å². The maximum Gasteiger partial charge on any atom is 0.404 e. The van der Waals surface area contributed by atoms with Crippen LogP contribution in [-0.4, -0.2) is 34.2 Å². The molecular weight excluding hydrogens is 226 g/mol. The van der Waals surface area contributed by atoms with Gasteiger partial charge in [0.15, 0.2) is 0 Å². The Morgan fingerprint density at radius 2 is 1.73 bits per heavy atom. The highest BCUT2D eigenvalue weighted by Crippen LogP contribution is 1.66. The van der Waals surface area contributed by atoms with Crippen molar-refractivity contribution in [3.05, 3.63) is 12.7 Å². The number of primary amides is 1. The SMILES string of the molecule is C=CC(=O)O.CCOC(N)=O.O=C(O)S. The van der Waals surface area contributed by atoms with Crippen molar-refractivity contribution in [2.24, 2.45) is 5.73 Å². The molecule has 0 aromatic rings. The summed E-state index contributed by atoms with van der Waals surface area (Å²) >= 11 is 2.88. The number of amides is 1. The average molecular weight is 239 g/mol. The van der Waals surface area contributed by atoms with Crippen molar-refractivity contribution in [3.63, 3.8) is 0 Å². The summed E-state index contributed by atoms with van der Waals surface area (Å²) in [6, 6.07) is 0. The summed E-state index contributed by atoms with van der Waals surface area (Å²) in [6.07, 6.45) is 0.123. The first-order chi connectivity index (χ1) is 6.77. The van der Waals surface area contributed by atoms with Gasteiger partial charge in [0, 0.05) is 6.08 Å². The van der Waals surface area contributed by atoms with Gasteiger partial charge in [-0.3, -0.25) is 0 Å². The maximum absolute atomic E-state index is 9.60. The molecule has 0 aliphatic heterocycles. The van der Waals surface area contributed by atoms with E-state index in [2.05, 4.69) is 29.7 Å². The number of carbonyl (C=O) groups excluding carboxylic acids is 1. The van der Waals surface area contributed by atoms with Crippen LogP contribution in [0.5, 0.6) is 0 Å². The van der Waals surface area contributed by atoms with E-state index in [1.807, 2.05) is 0 Å². The molecule has 1 amide bonds. The first-order valence-corrected chi connectivity index (χ1v) is 3.92. The lowest BCUT2D eigenvalue weighted by molar-refractivity contribution is -0.131. The molecule has 0 saturated heterocycles. The number of carbonyl (C=O) groups is 3. The topological polar surface area (TPSA) is 127 Å². The van der Waals surface area contributed by atoms with Gasteiger partial charge in [-0.2, -0.15) is 0 Å². The molecule has 7 nitrogen and oxygen atoms in total. The van der Waals surface area contributed by atoms with E-state index in [-0.39, 0.29) is 0 Å². The van der Waals surface area contributed by atoms with Crippen molar-refractivity contribution in [2.75, 3.05) is 6.61 Å². The normalized spacial score (nSPS) is 6.80. The molecular formula is C7H13NO6S. The molecule has 0 atom stereocenters. The summed E-state index contributed by atoms with van der Waals surface area (Å²) < 4.78 is 4.18. The first kappa shape index (κ1) is 19.0. The van der Waals surface area contributed by atoms with E-state index in [4.69, 9.17) is 15.0 Å². The van der Waals surface area contributed by atoms with Crippen molar-refractivity contribution < 1.29 is 29.3 Å². The highest BCUT2D eigenvalue weighted by Gasteiger charge is 1.82. The summed E-state index contributed by atoms with van der Waals surface area (Å²) in [5, 5.41) is 13.7. The number of nitrogens with two attached hydrogens (primary N) is 1. The van der Waals surface area contributed by atoms with E-state index in [0.717, 1.165) is 6.08 Å². The number of thiol groups is 1. The number of rotatable bonds is 2. The third-order valence-corrected chi connectivity index (χ3v) is 0.461. The first-order valence-electron chi connectivity index (χ1n) is 3.47. The van der Waals surface area contributed by atoms with Crippen LogP contribution in [0.4, 0.5) is 9.59 Å². The molecule has 15 heavy (non-hydrogen) atoms. The third kappa shape index (κ3) is 120. The minimum atomic E-state index is -1.14. The summed E-state index contributed by atoms with van der Waals surface area (Å²) in [5.74, 6) is -0.981. The lowest BCUT2D eigenvalue weighted by Gasteiger charge is -1.89. The molecule has 0 radical (unpaired) electrons. The molecule has 0 fully saturated rings. The van der Waals surface area contributed by atoms with Crippen LogP contribution in [0.25, 0.3) is 0 Å². The Balaban J connectivity index is -0.000000147. The number of aliphatic carboxylic acids is 1. The summed E-state index contributed by atoms with van der Waals surface area (Å²) in [6.45, 7) is 5.02. The second-order valence-corrected chi connectivity index (χ2v) is 1.96. The minimum Gasteiger partial charge on any atom is -0.478 e. The van der Waals surface area contributed by atoms with Crippen molar-refractivity contribution >= 4 is 30.0 Å². The minimum absolute atomic E-state index is 0.356. The standard InChI is InChI=1S/C3H7NO2.C3H4O2.CH2O2S/c1-2-6-3(4)5;1-2-3(4)5;2-1(3)4/h2H2,1H3,(H2,4,5);2H,1H2,(H,4,5);4H,(H,2,3). The highest BCUT2D eigenvalue weighted by molar-refractivity contribution is 7.96. The second-order valence-electron chi connectivity index (χ2n) is 1.58. The van der Waals surface area contributed by atoms with E-state index in [1.54, 1.807) is 6.92 Å². The Morgan fingerprint density at radius 1 is 1.47 bits per heavy atom. The molecule has 4 N–H and O–H groups in total. The van der Waals surface area contributed by atoms with Crippen LogP contribution in [0.3, 0.4) is 0 Å². The molecule has 0 heterocycles. The van der Waals surface area contributed by atoms with E-state index < -0.39 is 17.4 Å². The van der Waals surface area contributed by atoms with Crippen molar-refractivity contribution in [3.8, 4) is 0 Å². The van der Waals surface area contributed by atoms with Gasteiger partial charge in [-0.25, -0.2) is 14.4 Å². The lowest BCUT2D eigenvalue weighted by atomic mass is 10.7. The van der Waals surface area contributed by atoms with Gasteiger partial charge in [0.25, 0.3) is 0 Å². The van der Waals surface area contributed by atoms with Crippen LogP contribution in [0.15, 0.2) is 12.7 Å². The zero-order valence-electron chi connectivity index (χ0n) is 8.04. The number of ether oxygens (including phenoxy) is 1. The molecule has 0 saturated carbocycles. The van der Waals surface area contributed by atoms with Crippen LogP contribution in [0, 0.1) is 0 Å². The molecule has 0 aliphatic rings. The average Bonchev–Trinajstić information content (AvgIpc) is 2.03. The van der Waals surface area contributed by atoms with Gasteiger partial charge >= 0.3 is 17.4 Å². The fraction of sp³-hybridized carbons (Fsp3) is 0.286. The van der Waals surface area contributed by atoms with Crippen LogP contribution in [-0.2, 0) is 9.53 Å². The molecule has 8 heteroatoms. The van der Waals surface area contributed by atoms with Gasteiger partial charge < -0.3 is 20.7 Å². The van der Waals surface area contributed by atoms with Crippen LogP contribution in [0.1, 0.15) is 6.92 Å². The highest BCUT2D eigenvalue weighted by atomic mass is 32.1. The van der Waals surface area contributed by atoms with Crippen molar-refractivity contribution in [1.82, 2.24) is 0 Å². The molecule has 0 unspecified atom stereocenters. The number of carboxylic acid groups (broad SMARTS) is 2. The molecule has 0 bridgehead atoms. The van der Waals surface area contributed by atoms with Gasteiger partial charge in [0.05, 0.1) is 6.61 Å². The van der Waals surface area contributed by atoms with Gasteiger partial charge in [0.1, 0.15) is 0 Å². The van der Waals surface area contributed by atoms with Gasteiger partial charge in [-0.05, 0) is 6.92 Å². The molecule has 0 aliphatic carbocycles. The smallest absolute Gasteiger partial charge is 0.404 e. The summed E-state index contributed by atoms with van der Waals surface area (Å²) in [7, 11) is 0. The number of carboxylic acids is 1. The van der Waals surface area contributed by atoms with E-state index in [9.17, 15) is 9.59 Å². The Morgan fingerprint density at radius 3 is 1.73 bits per heavy atom. The predicted molar refractivity (Wildman–Crippen MR) is 56.1 cm³/mol. The zero-order chi connectivity index (χ0) is 12.9. The Labute approximate surface area is 91.9 Å². The molecule has 0 spiro atoms. The Hall–Kier alpha value is -1.70. The fourth-order valence-corrected chi connectivity index (χ4v) is 0.142. The Bertz CT molecular complexity index is 214. The fourth-order valence-electron chi connectivity index (χ4n) is 0.142. The molecule has 88 valence electrons. The molecule has 0 aromatic carbocycles. The van der Waals surface area contributed by atoms with Gasteiger partial charge in [0.2, 0.25) is 0 Å². The Kier molecular flexibility index (Phi) is 18.7. The molecule has 0 aromatic heterocycles. The largest absolute Gasteiger partial charge is 0.478 e. The predicted octanol–water partition coefficient (Wildman–Crippen LogP) is 0.953. The van der Waals surface area contributed by atoms with E-state index in [0.29, 0.717) is 6.61 Å². The van der Waals surface area contributed by atoms with Crippen molar-refractivity contribution in [1.29, 1.82) is 0 Å². The summed E-state index contributed by atoms with van der Waals surface area (Å²) in [4.78, 5) is 27.7. The number of hydrogen-bond acceptors (Lipinski definition) is 4. The quantitative estimate of drug-likeness (QED) is 0.419. The van der Waals surface area contributed by atoms with E-state index >= 15 is 0 Å². The van der Waals surface area contributed by atoms with Crippen LogP contribution < -0.4 is 5.73 Å². The monoisotopic (exact) mass is 239 g/mol. The number of hydrogen-bond donors (Lipinski definition) is 4. The van der Waals surface area contributed by atoms with Crippen LogP contribution in [0.2, 0.25) is 0 Å². The zero-order valence-corrected chi connectivity index (χ0v) is 8.94. The van der Waals surface area contributed by atoms with E-state index in [1.165, 1.54) is 0 Å².